The van der Waals surface area contributed by atoms with Crippen molar-refractivity contribution in [1.29, 1.82) is 0 Å². The second kappa shape index (κ2) is 6.26. The molecule has 1 amide bonds. The molecule has 0 radical (unpaired) electrons. The number of nitrogens with zero attached hydrogens (tertiary/aromatic N) is 2. The van der Waals surface area contributed by atoms with Crippen molar-refractivity contribution in [3.8, 4) is 0 Å². The van der Waals surface area contributed by atoms with Gasteiger partial charge in [-0.3, -0.25) is 9.69 Å². The van der Waals surface area contributed by atoms with Crippen LogP contribution in [0, 0.1) is 11.8 Å². The number of likely N-dealkylation sites (tertiary alicyclic amines) is 2. The Balaban J connectivity index is 1.54. The second-order valence-corrected chi connectivity index (χ2v) is 7.22. The van der Waals surface area contributed by atoms with Gasteiger partial charge in [0.25, 0.3) is 0 Å². The molecule has 0 spiro atoms. The summed E-state index contributed by atoms with van der Waals surface area (Å²) in [4.78, 5) is 16.6. The SMILES string of the molecule is CC(=O)N1C[C@H]2CN(Cc3ccc(Cl)o3)C[C@H]2[C@H]1c1ccccc1. The molecule has 0 unspecified atom stereocenters. The van der Waals surface area contributed by atoms with E-state index in [2.05, 4.69) is 29.2 Å². The molecule has 5 heteroatoms. The van der Waals surface area contributed by atoms with E-state index >= 15 is 0 Å². The van der Waals surface area contributed by atoms with Gasteiger partial charge in [-0.25, -0.2) is 0 Å². The molecule has 2 aromatic rings. The quantitative estimate of drug-likeness (QED) is 0.854. The minimum Gasteiger partial charge on any atom is -0.448 e. The van der Waals surface area contributed by atoms with Crippen LogP contribution in [0.4, 0.5) is 0 Å². The van der Waals surface area contributed by atoms with Crippen LogP contribution >= 0.6 is 11.6 Å². The molecule has 2 aliphatic heterocycles. The van der Waals surface area contributed by atoms with Crippen LogP contribution in [0.1, 0.15) is 24.3 Å². The standard InChI is InChI=1S/C19H21ClN2O2/c1-13(23)22-10-15-9-21(11-16-7-8-18(20)24-16)12-17(15)19(22)14-5-3-2-4-6-14/h2-8,15,17,19H,9-12H2,1H3/t15-,17-,19-/m1/s1. The molecule has 0 aliphatic carbocycles. The molecule has 2 fully saturated rings. The van der Waals surface area contributed by atoms with Gasteiger partial charge in [0.1, 0.15) is 5.76 Å². The maximum Gasteiger partial charge on any atom is 0.219 e. The van der Waals surface area contributed by atoms with E-state index < -0.39 is 0 Å². The molecule has 126 valence electrons. The summed E-state index contributed by atoms with van der Waals surface area (Å²) in [7, 11) is 0. The van der Waals surface area contributed by atoms with Crippen molar-refractivity contribution < 1.29 is 9.21 Å². The smallest absolute Gasteiger partial charge is 0.219 e. The summed E-state index contributed by atoms with van der Waals surface area (Å²) in [5, 5.41) is 0.439. The Labute approximate surface area is 147 Å². The fourth-order valence-corrected chi connectivity index (χ4v) is 4.49. The average Bonchev–Trinajstić information content (AvgIpc) is 3.22. The number of rotatable bonds is 3. The van der Waals surface area contributed by atoms with Gasteiger partial charge in [-0.05, 0) is 35.2 Å². The number of carbonyl (C=O) groups excluding carboxylic acids is 1. The van der Waals surface area contributed by atoms with Gasteiger partial charge in [-0.15, -0.1) is 0 Å². The molecule has 1 aromatic heterocycles. The van der Waals surface area contributed by atoms with Crippen molar-refractivity contribution in [3.05, 3.63) is 59.0 Å². The van der Waals surface area contributed by atoms with E-state index in [9.17, 15) is 4.79 Å². The van der Waals surface area contributed by atoms with Crippen LogP contribution in [0.5, 0.6) is 0 Å². The van der Waals surface area contributed by atoms with Crippen molar-refractivity contribution >= 4 is 17.5 Å². The zero-order valence-electron chi connectivity index (χ0n) is 13.7. The Morgan fingerprint density at radius 3 is 2.62 bits per heavy atom. The summed E-state index contributed by atoms with van der Waals surface area (Å²) in [6.45, 7) is 5.28. The topological polar surface area (TPSA) is 36.7 Å². The number of amides is 1. The number of hydrogen-bond acceptors (Lipinski definition) is 3. The van der Waals surface area contributed by atoms with Gasteiger partial charge >= 0.3 is 0 Å². The third-order valence-electron chi connectivity index (χ3n) is 5.29. The average molecular weight is 345 g/mol. The van der Waals surface area contributed by atoms with Crippen LogP contribution in [0.15, 0.2) is 46.9 Å². The van der Waals surface area contributed by atoms with Gasteiger partial charge in [0.05, 0.1) is 12.6 Å². The molecule has 0 saturated carbocycles. The molecule has 2 aliphatic rings. The molecule has 0 bridgehead atoms. The molecule has 0 N–H and O–H groups in total. The first-order chi connectivity index (χ1) is 11.6. The van der Waals surface area contributed by atoms with Crippen molar-refractivity contribution in [2.45, 2.75) is 19.5 Å². The van der Waals surface area contributed by atoms with Crippen LogP contribution in [-0.4, -0.2) is 35.3 Å². The molecule has 3 heterocycles. The zero-order chi connectivity index (χ0) is 16.7. The van der Waals surface area contributed by atoms with E-state index in [0.29, 0.717) is 17.1 Å². The number of halogens is 1. The normalized spacial score (nSPS) is 26.8. The van der Waals surface area contributed by atoms with E-state index in [0.717, 1.165) is 31.9 Å². The van der Waals surface area contributed by atoms with Crippen molar-refractivity contribution in [2.24, 2.45) is 11.8 Å². The van der Waals surface area contributed by atoms with Crippen molar-refractivity contribution in [3.63, 3.8) is 0 Å². The largest absolute Gasteiger partial charge is 0.448 e. The Morgan fingerprint density at radius 2 is 1.96 bits per heavy atom. The third kappa shape index (κ3) is 2.85. The fraction of sp³-hybridized carbons (Fsp3) is 0.421. The van der Waals surface area contributed by atoms with Crippen molar-refractivity contribution in [2.75, 3.05) is 19.6 Å². The van der Waals surface area contributed by atoms with E-state index in [1.165, 1.54) is 5.56 Å². The second-order valence-electron chi connectivity index (χ2n) is 6.85. The molecule has 4 nitrogen and oxygen atoms in total. The van der Waals surface area contributed by atoms with E-state index in [1.54, 1.807) is 13.0 Å². The highest BCUT2D eigenvalue weighted by atomic mass is 35.5. The molecular formula is C19H21ClN2O2. The molecule has 4 rings (SSSR count). The maximum atomic E-state index is 12.1. The predicted octanol–water partition coefficient (Wildman–Crippen LogP) is 3.58. The highest BCUT2D eigenvalue weighted by Crippen LogP contribution is 2.45. The number of fused-ring (bicyclic) bond motifs is 1. The van der Waals surface area contributed by atoms with Gasteiger partial charge in [-0.1, -0.05) is 30.3 Å². The summed E-state index contributed by atoms with van der Waals surface area (Å²) in [6.07, 6.45) is 0. The molecule has 1 aromatic carbocycles. The van der Waals surface area contributed by atoms with E-state index in [4.69, 9.17) is 16.0 Å². The third-order valence-corrected chi connectivity index (χ3v) is 5.50. The lowest BCUT2D eigenvalue weighted by Gasteiger charge is -2.29. The first kappa shape index (κ1) is 15.7. The predicted molar refractivity (Wildman–Crippen MR) is 92.5 cm³/mol. The minimum atomic E-state index is 0.169. The summed E-state index contributed by atoms with van der Waals surface area (Å²) in [5.41, 5.74) is 1.24. The summed E-state index contributed by atoms with van der Waals surface area (Å²) in [6, 6.07) is 14.3. The molecular weight excluding hydrogens is 324 g/mol. The number of furan rings is 1. The summed E-state index contributed by atoms with van der Waals surface area (Å²) >= 11 is 5.87. The van der Waals surface area contributed by atoms with E-state index in [-0.39, 0.29) is 11.9 Å². The Hall–Kier alpha value is -1.78. The Morgan fingerprint density at radius 1 is 1.17 bits per heavy atom. The summed E-state index contributed by atoms with van der Waals surface area (Å²) < 4.78 is 5.50. The monoisotopic (exact) mass is 344 g/mol. The first-order valence-corrected chi connectivity index (χ1v) is 8.78. The highest BCUT2D eigenvalue weighted by Gasteiger charge is 2.48. The van der Waals surface area contributed by atoms with Crippen LogP contribution in [0.3, 0.4) is 0 Å². The maximum absolute atomic E-state index is 12.1. The van der Waals surface area contributed by atoms with Gasteiger partial charge in [-0.2, -0.15) is 0 Å². The van der Waals surface area contributed by atoms with Crippen LogP contribution in [0.25, 0.3) is 0 Å². The lowest BCUT2D eigenvalue weighted by molar-refractivity contribution is -0.130. The van der Waals surface area contributed by atoms with Crippen LogP contribution in [0.2, 0.25) is 5.22 Å². The van der Waals surface area contributed by atoms with Crippen molar-refractivity contribution in [1.82, 2.24) is 9.80 Å². The van der Waals surface area contributed by atoms with Gasteiger partial charge < -0.3 is 9.32 Å². The van der Waals surface area contributed by atoms with Crippen LogP contribution in [-0.2, 0) is 11.3 Å². The molecule has 2 saturated heterocycles. The Kier molecular flexibility index (Phi) is 4.10. The highest BCUT2D eigenvalue weighted by molar-refractivity contribution is 6.28. The number of hydrogen-bond donors (Lipinski definition) is 0. The molecule has 3 atom stereocenters. The lowest BCUT2D eigenvalue weighted by Crippen LogP contribution is -2.34. The first-order valence-electron chi connectivity index (χ1n) is 8.40. The summed E-state index contributed by atoms with van der Waals surface area (Å²) in [5.74, 6) is 2.06. The van der Waals surface area contributed by atoms with Gasteiger partial charge in [0.2, 0.25) is 5.91 Å². The fourth-order valence-electron chi connectivity index (χ4n) is 4.32. The van der Waals surface area contributed by atoms with E-state index in [1.807, 2.05) is 17.0 Å². The zero-order valence-corrected chi connectivity index (χ0v) is 14.4. The number of benzene rings is 1. The lowest BCUT2D eigenvalue weighted by atomic mass is 9.89. The Bertz CT molecular complexity index is 730. The van der Waals surface area contributed by atoms with Gasteiger partial charge in [0, 0.05) is 32.5 Å². The van der Waals surface area contributed by atoms with Crippen LogP contribution < -0.4 is 0 Å². The molecule has 24 heavy (non-hydrogen) atoms. The number of carbonyl (C=O) groups is 1. The minimum absolute atomic E-state index is 0.169. The van der Waals surface area contributed by atoms with Gasteiger partial charge in [0.15, 0.2) is 5.22 Å².